The second kappa shape index (κ2) is 7.76. The molecule has 25 heavy (non-hydrogen) atoms. The molecule has 1 fully saturated rings. The molecule has 0 saturated carbocycles. The van der Waals surface area contributed by atoms with Gasteiger partial charge in [0.05, 0.1) is 26.1 Å². The number of aromatic amines is 1. The molecule has 7 nitrogen and oxygen atoms in total. The maximum Gasteiger partial charge on any atom is 0.285 e. The number of ether oxygens (including phenoxy) is 2. The zero-order valence-electron chi connectivity index (χ0n) is 14.3. The van der Waals surface area contributed by atoms with Crippen LogP contribution < -0.4 is 19.9 Å². The summed E-state index contributed by atoms with van der Waals surface area (Å²) in [7, 11) is 3.33. The molecule has 3 rings (SSSR count). The Balaban J connectivity index is 1.67. The molecule has 1 saturated heterocycles. The number of hydrogen-bond donors (Lipinski definition) is 1. The van der Waals surface area contributed by atoms with Crippen LogP contribution in [0.3, 0.4) is 0 Å². The Bertz CT molecular complexity index is 788. The molecule has 2 aromatic rings. The zero-order valence-corrected chi connectivity index (χ0v) is 15.0. The largest absolute Gasteiger partial charge is 0.497 e. The minimum Gasteiger partial charge on any atom is -0.497 e. The first-order valence-electron chi connectivity index (χ1n) is 8.03. The minimum atomic E-state index is -0.359. The van der Waals surface area contributed by atoms with Crippen LogP contribution in [0.25, 0.3) is 0 Å². The monoisotopic (exact) mass is 364 g/mol. The Hall–Kier alpha value is -2.25. The van der Waals surface area contributed by atoms with Crippen LogP contribution in [0.15, 0.2) is 29.2 Å². The summed E-state index contributed by atoms with van der Waals surface area (Å²) in [5.74, 6) is 1.67. The summed E-state index contributed by atoms with van der Waals surface area (Å²) in [6, 6.07) is 5.82. The van der Waals surface area contributed by atoms with E-state index in [1.54, 1.807) is 20.4 Å². The molecule has 0 bridgehead atoms. The number of aromatic nitrogens is 2. The van der Waals surface area contributed by atoms with Crippen LogP contribution in [0.2, 0.25) is 5.02 Å². The van der Waals surface area contributed by atoms with Gasteiger partial charge >= 0.3 is 0 Å². The molecule has 0 spiro atoms. The van der Waals surface area contributed by atoms with Gasteiger partial charge in [0.2, 0.25) is 0 Å². The molecule has 2 heterocycles. The van der Waals surface area contributed by atoms with E-state index < -0.39 is 0 Å². The van der Waals surface area contributed by atoms with Crippen molar-refractivity contribution in [2.24, 2.45) is 0 Å². The highest BCUT2D eigenvalue weighted by Crippen LogP contribution is 2.27. The first-order valence-corrected chi connectivity index (χ1v) is 8.41. The minimum absolute atomic E-state index is 0.193. The van der Waals surface area contributed by atoms with E-state index >= 15 is 0 Å². The standard InChI is InChI=1S/C17H21ClN4O3/c1-24-13-3-4-15(25-2)12(9-13)11-21-5-7-22(8-6-21)14-10-19-20-17(23)16(14)18/h3-4,9-10H,5-8,11H2,1-2H3,(H,20,23). The van der Waals surface area contributed by atoms with Gasteiger partial charge in [-0.25, -0.2) is 5.10 Å². The van der Waals surface area contributed by atoms with Crippen molar-refractivity contribution in [3.63, 3.8) is 0 Å². The number of piperazine rings is 1. The average Bonchev–Trinajstić information content (AvgIpc) is 2.64. The molecule has 0 aliphatic carbocycles. The summed E-state index contributed by atoms with van der Waals surface area (Å²) >= 11 is 6.10. The van der Waals surface area contributed by atoms with Crippen LogP contribution in [0.1, 0.15) is 5.56 Å². The molecule has 134 valence electrons. The lowest BCUT2D eigenvalue weighted by Crippen LogP contribution is -2.46. The van der Waals surface area contributed by atoms with E-state index in [2.05, 4.69) is 20.0 Å². The van der Waals surface area contributed by atoms with Crippen molar-refractivity contribution in [2.75, 3.05) is 45.3 Å². The highest BCUT2D eigenvalue weighted by atomic mass is 35.5. The van der Waals surface area contributed by atoms with Gasteiger partial charge in [-0.3, -0.25) is 9.69 Å². The van der Waals surface area contributed by atoms with E-state index in [0.29, 0.717) is 5.69 Å². The van der Waals surface area contributed by atoms with Crippen molar-refractivity contribution in [3.8, 4) is 11.5 Å². The van der Waals surface area contributed by atoms with E-state index in [1.165, 1.54) is 0 Å². The summed E-state index contributed by atoms with van der Waals surface area (Å²) < 4.78 is 10.8. The second-order valence-electron chi connectivity index (χ2n) is 5.84. The van der Waals surface area contributed by atoms with Gasteiger partial charge < -0.3 is 14.4 Å². The van der Waals surface area contributed by atoms with Gasteiger partial charge in [-0.05, 0) is 18.2 Å². The Morgan fingerprint density at radius 2 is 1.96 bits per heavy atom. The number of benzene rings is 1. The van der Waals surface area contributed by atoms with E-state index in [9.17, 15) is 4.79 Å². The number of hydrogen-bond acceptors (Lipinski definition) is 6. The first kappa shape index (κ1) is 17.6. The summed E-state index contributed by atoms with van der Waals surface area (Å²) in [5.41, 5.74) is 1.41. The van der Waals surface area contributed by atoms with Gasteiger partial charge in [0.25, 0.3) is 5.56 Å². The van der Waals surface area contributed by atoms with E-state index in [1.807, 2.05) is 18.2 Å². The third kappa shape index (κ3) is 3.88. The fourth-order valence-electron chi connectivity index (χ4n) is 2.99. The van der Waals surface area contributed by atoms with Gasteiger partial charge in [0, 0.05) is 38.3 Å². The third-order valence-electron chi connectivity index (χ3n) is 4.37. The molecule has 8 heteroatoms. The summed E-state index contributed by atoms with van der Waals surface area (Å²) in [6.45, 7) is 4.02. The molecule has 1 aliphatic heterocycles. The van der Waals surface area contributed by atoms with E-state index in [4.69, 9.17) is 21.1 Å². The highest BCUT2D eigenvalue weighted by molar-refractivity contribution is 6.32. The molecule has 1 N–H and O–H groups in total. The van der Waals surface area contributed by atoms with Crippen LogP contribution in [0.5, 0.6) is 11.5 Å². The Labute approximate surface area is 151 Å². The van der Waals surface area contributed by atoms with Crippen molar-refractivity contribution >= 4 is 17.3 Å². The van der Waals surface area contributed by atoms with Gasteiger partial charge in [0.1, 0.15) is 16.5 Å². The van der Waals surface area contributed by atoms with Crippen LogP contribution in [-0.4, -0.2) is 55.5 Å². The van der Waals surface area contributed by atoms with Crippen LogP contribution in [0.4, 0.5) is 5.69 Å². The van der Waals surface area contributed by atoms with E-state index in [0.717, 1.165) is 49.8 Å². The third-order valence-corrected chi connectivity index (χ3v) is 4.74. The normalized spacial score (nSPS) is 15.2. The number of rotatable bonds is 5. The van der Waals surface area contributed by atoms with Crippen molar-refractivity contribution in [3.05, 3.63) is 45.3 Å². The Morgan fingerprint density at radius 3 is 2.64 bits per heavy atom. The van der Waals surface area contributed by atoms with Crippen LogP contribution in [0, 0.1) is 0 Å². The zero-order chi connectivity index (χ0) is 17.8. The van der Waals surface area contributed by atoms with Crippen LogP contribution in [-0.2, 0) is 6.54 Å². The molecule has 1 aromatic heterocycles. The molecule has 1 aromatic carbocycles. The summed E-state index contributed by atoms with van der Waals surface area (Å²) in [5, 5.41) is 6.38. The Morgan fingerprint density at radius 1 is 1.20 bits per heavy atom. The predicted molar refractivity (Wildman–Crippen MR) is 96.9 cm³/mol. The lowest BCUT2D eigenvalue weighted by molar-refractivity contribution is 0.245. The smallest absolute Gasteiger partial charge is 0.285 e. The first-order chi connectivity index (χ1) is 12.1. The van der Waals surface area contributed by atoms with Crippen molar-refractivity contribution in [2.45, 2.75) is 6.54 Å². The topological polar surface area (TPSA) is 70.7 Å². The average molecular weight is 365 g/mol. The van der Waals surface area contributed by atoms with Gasteiger partial charge in [0.15, 0.2) is 0 Å². The lowest BCUT2D eigenvalue weighted by Gasteiger charge is -2.36. The van der Waals surface area contributed by atoms with Crippen molar-refractivity contribution in [1.82, 2.24) is 15.1 Å². The van der Waals surface area contributed by atoms with Gasteiger partial charge in [-0.15, -0.1) is 0 Å². The number of nitrogens with zero attached hydrogens (tertiary/aromatic N) is 3. The molecule has 1 aliphatic rings. The maximum atomic E-state index is 11.6. The number of H-pyrrole nitrogens is 1. The van der Waals surface area contributed by atoms with Crippen LogP contribution >= 0.6 is 11.6 Å². The van der Waals surface area contributed by atoms with Gasteiger partial charge in [-0.1, -0.05) is 11.6 Å². The molecule has 0 unspecified atom stereocenters. The van der Waals surface area contributed by atoms with Crippen molar-refractivity contribution < 1.29 is 9.47 Å². The van der Waals surface area contributed by atoms with Crippen molar-refractivity contribution in [1.29, 1.82) is 0 Å². The second-order valence-corrected chi connectivity index (χ2v) is 6.22. The van der Waals surface area contributed by atoms with E-state index in [-0.39, 0.29) is 10.6 Å². The SMILES string of the molecule is COc1ccc(OC)c(CN2CCN(c3cn[nH]c(=O)c3Cl)CC2)c1. The number of methoxy groups -OCH3 is 2. The fourth-order valence-corrected chi connectivity index (χ4v) is 3.20. The predicted octanol–water partition coefficient (Wildman–Crippen LogP) is 1.76. The quantitative estimate of drug-likeness (QED) is 0.871. The molecular weight excluding hydrogens is 344 g/mol. The summed E-state index contributed by atoms with van der Waals surface area (Å²) in [6.07, 6.45) is 1.60. The number of anilines is 1. The summed E-state index contributed by atoms with van der Waals surface area (Å²) in [4.78, 5) is 16.0. The number of halogens is 1. The lowest BCUT2D eigenvalue weighted by atomic mass is 10.1. The molecule has 0 amide bonds. The Kier molecular flexibility index (Phi) is 5.45. The fraction of sp³-hybridized carbons (Fsp3) is 0.412. The molecular formula is C17H21ClN4O3. The van der Waals surface area contributed by atoms with Gasteiger partial charge in [-0.2, -0.15) is 5.10 Å². The number of nitrogens with one attached hydrogen (secondary N) is 1. The highest BCUT2D eigenvalue weighted by Gasteiger charge is 2.21. The maximum absolute atomic E-state index is 11.6. The molecule has 0 radical (unpaired) electrons. The molecule has 0 atom stereocenters.